The van der Waals surface area contributed by atoms with Gasteiger partial charge < -0.3 is 24.8 Å². The lowest BCUT2D eigenvalue weighted by Crippen LogP contribution is -2.49. The number of benzene rings is 1. The highest BCUT2D eigenvalue weighted by atomic mass is 35.5. The minimum absolute atomic E-state index is 0. The van der Waals surface area contributed by atoms with E-state index in [1.807, 2.05) is 19.1 Å². The van der Waals surface area contributed by atoms with Crippen LogP contribution in [0.5, 0.6) is 17.2 Å². The van der Waals surface area contributed by atoms with Gasteiger partial charge in [-0.2, -0.15) is 0 Å². The molecule has 0 bridgehead atoms. The molecular formula is C17H27ClN2O4. The van der Waals surface area contributed by atoms with E-state index in [9.17, 15) is 4.79 Å². The molecule has 1 unspecified atom stereocenters. The molecule has 1 heterocycles. The molecule has 1 aliphatic heterocycles. The van der Waals surface area contributed by atoms with Gasteiger partial charge in [-0.05, 0) is 31.5 Å². The fraction of sp³-hybridized carbons (Fsp3) is 0.588. The molecule has 0 saturated carbocycles. The predicted octanol–water partition coefficient (Wildman–Crippen LogP) is 1.65. The number of ether oxygens (including phenoxy) is 3. The van der Waals surface area contributed by atoms with E-state index in [0.29, 0.717) is 36.1 Å². The molecule has 1 aromatic carbocycles. The summed E-state index contributed by atoms with van der Waals surface area (Å²) in [6, 6.07) is 3.78. The highest BCUT2D eigenvalue weighted by molar-refractivity contribution is 5.85. The van der Waals surface area contributed by atoms with Crippen LogP contribution in [0, 0.1) is 11.8 Å². The minimum atomic E-state index is 0. The fourth-order valence-corrected chi connectivity index (χ4v) is 2.72. The van der Waals surface area contributed by atoms with Crippen LogP contribution >= 0.6 is 12.4 Å². The maximum atomic E-state index is 12.1. The third-order valence-electron chi connectivity index (χ3n) is 4.41. The minimum Gasteiger partial charge on any atom is -0.493 e. The van der Waals surface area contributed by atoms with Crippen molar-refractivity contribution in [3.8, 4) is 17.2 Å². The van der Waals surface area contributed by atoms with Gasteiger partial charge in [-0.3, -0.25) is 4.79 Å². The maximum absolute atomic E-state index is 12.1. The molecular weight excluding hydrogens is 332 g/mol. The summed E-state index contributed by atoms with van der Waals surface area (Å²) in [6.45, 7) is 4.41. The first-order valence-electron chi connectivity index (χ1n) is 7.88. The third kappa shape index (κ3) is 4.45. The molecule has 1 aromatic rings. The second-order valence-corrected chi connectivity index (χ2v) is 5.74. The van der Waals surface area contributed by atoms with E-state index >= 15 is 0 Å². The van der Waals surface area contributed by atoms with E-state index in [0.717, 1.165) is 18.7 Å². The number of carbonyl (C=O) groups is 1. The van der Waals surface area contributed by atoms with Gasteiger partial charge in [-0.15, -0.1) is 12.4 Å². The van der Waals surface area contributed by atoms with Crippen molar-refractivity contribution in [3.05, 3.63) is 17.7 Å². The van der Waals surface area contributed by atoms with E-state index in [1.165, 1.54) is 0 Å². The highest BCUT2D eigenvalue weighted by Gasteiger charge is 2.28. The molecule has 7 heteroatoms. The Morgan fingerprint density at radius 3 is 2.38 bits per heavy atom. The largest absolute Gasteiger partial charge is 0.493 e. The number of hydrogen-bond acceptors (Lipinski definition) is 5. The summed E-state index contributed by atoms with van der Waals surface area (Å²) >= 11 is 0. The summed E-state index contributed by atoms with van der Waals surface area (Å²) < 4.78 is 16.1. The number of amides is 1. The predicted molar refractivity (Wildman–Crippen MR) is 95.6 cm³/mol. The Bertz CT molecular complexity index is 550. The lowest BCUT2D eigenvalue weighted by atomic mass is 9.88. The standard InChI is InChI=1S/C17H26N2O4.ClH/c1-11(13-9-18-10-13)17(20)19-8-7-12-5-6-14(21-2)16(23-4)15(12)22-3;/h5-6,11,13,18H,7-10H2,1-4H3,(H,19,20);1H. The van der Waals surface area contributed by atoms with Crippen molar-refractivity contribution in [3.63, 3.8) is 0 Å². The summed E-state index contributed by atoms with van der Waals surface area (Å²) in [7, 11) is 4.78. The Labute approximate surface area is 149 Å². The molecule has 1 aliphatic rings. The number of carbonyl (C=O) groups excluding carboxylic acids is 1. The van der Waals surface area contributed by atoms with E-state index in [1.54, 1.807) is 21.3 Å². The number of methoxy groups -OCH3 is 3. The van der Waals surface area contributed by atoms with Crippen LogP contribution in [0.1, 0.15) is 12.5 Å². The van der Waals surface area contributed by atoms with Crippen molar-refractivity contribution in [2.75, 3.05) is 41.0 Å². The first kappa shape index (κ1) is 20.4. The molecule has 2 N–H and O–H groups in total. The van der Waals surface area contributed by atoms with Crippen LogP contribution in [0.15, 0.2) is 12.1 Å². The van der Waals surface area contributed by atoms with E-state index < -0.39 is 0 Å². The molecule has 1 atom stereocenters. The number of rotatable bonds is 8. The van der Waals surface area contributed by atoms with Gasteiger partial charge in [0, 0.05) is 18.0 Å². The zero-order valence-corrected chi connectivity index (χ0v) is 15.5. The molecule has 0 aliphatic carbocycles. The van der Waals surface area contributed by atoms with E-state index in [2.05, 4.69) is 10.6 Å². The molecule has 1 fully saturated rings. The summed E-state index contributed by atoms with van der Waals surface area (Å²) in [5.74, 6) is 2.46. The van der Waals surface area contributed by atoms with Crippen molar-refractivity contribution >= 4 is 18.3 Å². The molecule has 2 rings (SSSR count). The molecule has 6 nitrogen and oxygen atoms in total. The Hall–Kier alpha value is -1.66. The second-order valence-electron chi connectivity index (χ2n) is 5.74. The van der Waals surface area contributed by atoms with Crippen molar-refractivity contribution in [1.29, 1.82) is 0 Å². The molecule has 1 amide bonds. The zero-order valence-electron chi connectivity index (χ0n) is 14.7. The van der Waals surface area contributed by atoms with Gasteiger partial charge in [0.05, 0.1) is 21.3 Å². The quantitative estimate of drug-likeness (QED) is 0.739. The van der Waals surface area contributed by atoms with Gasteiger partial charge in [0.2, 0.25) is 11.7 Å². The molecule has 24 heavy (non-hydrogen) atoms. The van der Waals surface area contributed by atoms with Crippen molar-refractivity contribution < 1.29 is 19.0 Å². The Kier molecular flexibility index (Phi) is 8.15. The Morgan fingerprint density at radius 1 is 1.21 bits per heavy atom. The van der Waals surface area contributed by atoms with Gasteiger partial charge in [-0.25, -0.2) is 0 Å². The lowest BCUT2D eigenvalue weighted by molar-refractivity contribution is -0.126. The van der Waals surface area contributed by atoms with Crippen molar-refractivity contribution in [2.24, 2.45) is 11.8 Å². The van der Waals surface area contributed by atoms with Crippen LogP contribution in [-0.2, 0) is 11.2 Å². The molecule has 0 aromatic heterocycles. The maximum Gasteiger partial charge on any atom is 0.223 e. The number of hydrogen-bond donors (Lipinski definition) is 2. The van der Waals surface area contributed by atoms with Gasteiger partial charge in [0.15, 0.2) is 11.5 Å². The fourth-order valence-electron chi connectivity index (χ4n) is 2.72. The zero-order chi connectivity index (χ0) is 16.8. The first-order chi connectivity index (χ1) is 11.1. The average Bonchev–Trinajstić information content (AvgIpc) is 2.52. The summed E-state index contributed by atoms with van der Waals surface area (Å²) in [6.07, 6.45) is 0.672. The number of halogens is 1. The topological polar surface area (TPSA) is 68.8 Å². The first-order valence-corrected chi connectivity index (χ1v) is 7.88. The monoisotopic (exact) mass is 358 g/mol. The summed E-state index contributed by atoms with van der Waals surface area (Å²) in [5, 5.41) is 6.20. The molecule has 0 spiro atoms. The Morgan fingerprint density at radius 2 is 1.88 bits per heavy atom. The number of nitrogens with one attached hydrogen (secondary N) is 2. The van der Waals surface area contributed by atoms with Gasteiger partial charge in [0.25, 0.3) is 0 Å². The summed E-state index contributed by atoms with van der Waals surface area (Å²) in [4.78, 5) is 12.1. The van der Waals surface area contributed by atoms with Crippen molar-refractivity contribution in [2.45, 2.75) is 13.3 Å². The summed E-state index contributed by atoms with van der Waals surface area (Å²) in [5.41, 5.74) is 0.975. The molecule has 1 saturated heterocycles. The van der Waals surface area contributed by atoms with Crippen LogP contribution < -0.4 is 24.8 Å². The van der Waals surface area contributed by atoms with Crippen LogP contribution in [0.2, 0.25) is 0 Å². The second kappa shape index (κ2) is 9.59. The van der Waals surface area contributed by atoms with E-state index in [4.69, 9.17) is 14.2 Å². The third-order valence-corrected chi connectivity index (χ3v) is 4.41. The van der Waals surface area contributed by atoms with Crippen LogP contribution in [0.25, 0.3) is 0 Å². The Balaban J connectivity index is 0.00000288. The molecule has 0 radical (unpaired) electrons. The van der Waals surface area contributed by atoms with Crippen molar-refractivity contribution in [1.82, 2.24) is 10.6 Å². The van der Waals surface area contributed by atoms with Gasteiger partial charge >= 0.3 is 0 Å². The normalized spacial score (nSPS) is 14.8. The van der Waals surface area contributed by atoms with Gasteiger partial charge in [-0.1, -0.05) is 13.0 Å². The highest BCUT2D eigenvalue weighted by Crippen LogP contribution is 2.39. The van der Waals surface area contributed by atoms with Crippen LogP contribution in [0.3, 0.4) is 0 Å². The lowest BCUT2D eigenvalue weighted by Gasteiger charge is -2.31. The van der Waals surface area contributed by atoms with Crippen LogP contribution in [-0.4, -0.2) is 46.9 Å². The smallest absolute Gasteiger partial charge is 0.223 e. The molecule has 136 valence electrons. The SMILES string of the molecule is COc1ccc(CCNC(=O)C(C)C2CNC2)c(OC)c1OC.Cl. The average molecular weight is 359 g/mol. The van der Waals surface area contributed by atoms with Crippen LogP contribution in [0.4, 0.5) is 0 Å². The van der Waals surface area contributed by atoms with Gasteiger partial charge in [0.1, 0.15) is 0 Å². The van der Waals surface area contributed by atoms with E-state index in [-0.39, 0.29) is 24.2 Å².